The first kappa shape index (κ1) is 17.7. The summed E-state index contributed by atoms with van der Waals surface area (Å²) < 4.78 is 28.5. The molecule has 1 aromatic rings. The number of aryl methyl sites for hydroxylation is 1. The average molecular weight is 349 g/mol. The largest absolute Gasteiger partial charge is 0.336 e. The molecule has 0 saturated carbocycles. The zero-order valence-corrected chi connectivity index (χ0v) is 14.6. The first-order valence-electron chi connectivity index (χ1n) is 7.86. The van der Waals surface area contributed by atoms with E-state index in [0.29, 0.717) is 25.0 Å². The van der Waals surface area contributed by atoms with Gasteiger partial charge in [-0.15, -0.1) is 12.4 Å². The van der Waals surface area contributed by atoms with Gasteiger partial charge in [0.2, 0.25) is 0 Å². The number of aromatic nitrogens is 2. The summed E-state index contributed by atoms with van der Waals surface area (Å²) >= 11 is 0. The second-order valence-corrected chi connectivity index (χ2v) is 7.87. The zero-order chi connectivity index (χ0) is 14.9. The van der Waals surface area contributed by atoms with Crippen LogP contribution in [0, 0.1) is 5.92 Å². The molecule has 22 heavy (non-hydrogen) atoms. The van der Waals surface area contributed by atoms with Crippen LogP contribution >= 0.6 is 12.4 Å². The Morgan fingerprint density at radius 2 is 2.05 bits per heavy atom. The van der Waals surface area contributed by atoms with Crippen LogP contribution in [-0.2, 0) is 16.6 Å². The molecule has 0 bridgehead atoms. The van der Waals surface area contributed by atoms with Crippen molar-refractivity contribution in [2.45, 2.75) is 50.2 Å². The summed E-state index contributed by atoms with van der Waals surface area (Å²) in [6, 6.07) is 0.592. The molecule has 3 rings (SSSR count). The molecule has 2 aliphatic rings. The van der Waals surface area contributed by atoms with Crippen molar-refractivity contribution >= 4 is 22.4 Å². The molecule has 0 aromatic carbocycles. The number of nitrogens with one attached hydrogen (secondary N) is 1. The number of rotatable bonds is 4. The summed E-state index contributed by atoms with van der Waals surface area (Å²) in [6.45, 7) is 5.04. The summed E-state index contributed by atoms with van der Waals surface area (Å²) in [5.41, 5.74) is 0. The van der Waals surface area contributed by atoms with Gasteiger partial charge in [-0.05, 0) is 45.1 Å². The first-order chi connectivity index (χ1) is 10.1. The Labute approximate surface area is 138 Å². The van der Waals surface area contributed by atoms with Crippen LogP contribution in [0.3, 0.4) is 0 Å². The van der Waals surface area contributed by atoms with E-state index in [1.165, 1.54) is 12.8 Å². The third-order valence-electron chi connectivity index (χ3n) is 4.74. The van der Waals surface area contributed by atoms with E-state index in [2.05, 4.69) is 10.3 Å². The lowest BCUT2D eigenvalue weighted by molar-refractivity contribution is 0.233. The quantitative estimate of drug-likeness (QED) is 0.895. The fourth-order valence-corrected chi connectivity index (χ4v) is 4.82. The SMILES string of the molecule is CCn1cnc(S(=O)(=O)N2CCC(C3CCCN3)CC2)c1.Cl. The van der Waals surface area contributed by atoms with Gasteiger partial charge in [-0.25, -0.2) is 13.4 Å². The standard InChI is InChI=1S/C14H24N4O2S.ClH/c1-2-17-10-14(16-11-17)21(19,20)18-8-5-12(6-9-18)13-4-3-7-15-13;/h10-13,15H,2-9H2,1H3;1H. The second kappa shape index (κ2) is 7.29. The molecule has 2 aliphatic heterocycles. The molecule has 6 nitrogen and oxygen atoms in total. The number of hydrogen-bond acceptors (Lipinski definition) is 4. The Morgan fingerprint density at radius 1 is 1.32 bits per heavy atom. The molecule has 0 amide bonds. The van der Waals surface area contributed by atoms with E-state index in [4.69, 9.17) is 0 Å². The Hall–Kier alpha value is -0.630. The molecule has 0 aliphatic carbocycles. The number of hydrogen-bond donors (Lipinski definition) is 1. The van der Waals surface area contributed by atoms with Gasteiger partial charge in [-0.1, -0.05) is 0 Å². The lowest BCUT2D eigenvalue weighted by Crippen LogP contribution is -2.43. The zero-order valence-electron chi connectivity index (χ0n) is 12.9. The number of imidazole rings is 1. The van der Waals surface area contributed by atoms with E-state index in [-0.39, 0.29) is 17.4 Å². The number of sulfonamides is 1. The van der Waals surface area contributed by atoms with Gasteiger partial charge in [0.1, 0.15) is 0 Å². The van der Waals surface area contributed by atoms with Gasteiger partial charge in [0, 0.05) is 31.9 Å². The highest BCUT2D eigenvalue weighted by Crippen LogP contribution is 2.28. The maximum absolute atomic E-state index is 12.6. The van der Waals surface area contributed by atoms with Gasteiger partial charge in [0.15, 0.2) is 5.03 Å². The van der Waals surface area contributed by atoms with Crippen molar-refractivity contribution in [2.24, 2.45) is 5.92 Å². The number of piperidine rings is 1. The molecule has 2 fully saturated rings. The topological polar surface area (TPSA) is 67.2 Å². The van der Waals surface area contributed by atoms with Crippen molar-refractivity contribution in [3.05, 3.63) is 12.5 Å². The summed E-state index contributed by atoms with van der Waals surface area (Å²) in [6.07, 6.45) is 7.59. The van der Waals surface area contributed by atoms with Gasteiger partial charge in [0.25, 0.3) is 10.0 Å². The van der Waals surface area contributed by atoms with E-state index in [9.17, 15) is 8.42 Å². The molecule has 126 valence electrons. The lowest BCUT2D eigenvalue weighted by atomic mass is 9.89. The lowest BCUT2D eigenvalue weighted by Gasteiger charge is -2.33. The van der Waals surface area contributed by atoms with Crippen molar-refractivity contribution in [1.29, 1.82) is 0 Å². The van der Waals surface area contributed by atoms with Crippen LogP contribution in [0.25, 0.3) is 0 Å². The van der Waals surface area contributed by atoms with Crippen LogP contribution in [0.4, 0.5) is 0 Å². The highest BCUT2D eigenvalue weighted by atomic mass is 35.5. The maximum Gasteiger partial charge on any atom is 0.262 e. The maximum atomic E-state index is 12.6. The third-order valence-corrected chi connectivity index (χ3v) is 6.53. The van der Waals surface area contributed by atoms with E-state index in [0.717, 1.165) is 25.9 Å². The molecule has 1 atom stereocenters. The molecule has 1 unspecified atom stereocenters. The average Bonchev–Trinajstić information content (AvgIpc) is 3.19. The molecule has 3 heterocycles. The Morgan fingerprint density at radius 3 is 2.59 bits per heavy atom. The predicted octanol–water partition coefficient (Wildman–Crippen LogP) is 1.48. The minimum atomic E-state index is -3.42. The van der Waals surface area contributed by atoms with Crippen LogP contribution in [0.15, 0.2) is 17.6 Å². The summed E-state index contributed by atoms with van der Waals surface area (Å²) in [4.78, 5) is 4.05. The van der Waals surface area contributed by atoms with Crippen LogP contribution < -0.4 is 5.32 Å². The normalized spacial score (nSPS) is 24.3. The van der Waals surface area contributed by atoms with Crippen molar-refractivity contribution in [3.63, 3.8) is 0 Å². The van der Waals surface area contributed by atoms with Crippen LogP contribution in [-0.4, -0.2) is 48.0 Å². The number of nitrogens with zero attached hydrogens (tertiary/aromatic N) is 3. The Kier molecular flexibility index (Phi) is 5.87. The van der Waals surface area contributed by atoms with Crippen LogP contribution in [0.1, 0.15) is 32.6 Å². The minimum Gasteiger partial charge on any atom is -0.336 e. The molecule has 1 aromatic heterocycles. The first-order valence-corrected chi connectivity index (χ1v) is 9.30. The van der Waals surface area contributed by atoms with E-state index >= 15 is 0 Å². The fourth-order valence-electron chi connectivity index (χ4n) is 3.41. The highest BCUT2D eigenvalue weighted by Gasteiger charge is 2.34. The highest BCUT2D eigenvalue weighted by molar-refractivity contribution is 7.89. The minimum absolute atomic E-state index is 0. The summed E-state index contributed by atoms with van der Waals surface area (Å²) in [5.74, 6) is 0.618. The molecular weight excluding hydrogens is 324 g/mol. The number of halogens is 1. The van der Waals surface area contributed by atoms with E-state index in [1.807, 2.05) is 6.92 Å². The summed E-state index contributed by atoms with van der Waals surface area (Å²) in [7, 11) is -3.42. The molecule has 1 N–H and O–H groups in total. The molecule has 8 heteroatoms. The van der Waals surface area contributed by atoms with E-state index in [1.54, 1.807) is 21.4 Å². The van der Waals surface area contributed by atoms with Gasteiger partial charge in [-0.3, -0.25) is 0 Å². The molecule has 0 radical (unpaired) electrons. The van der Waals surface area contributed by atoms with Crippen molar-refractivity contribution in [1.82, 2.24) is 19.2 Å². The van der Waals surface area contributed by atoms with Crippen molar-refractivity contribution in [2.75, 3.05) is 19.6 Å². The molecular formula is C14H25ClN4O2S. The van der Waals surface area contributed by atoms with Crippen LogP contribution in [0.2, 0.25) is 0 Å². The van der Waals surface area contributed by atoms with Gasteiger partial charge in [-0.2, -0.15) is 4.31 Å². The van der Waals surface area contributed by atoms with Crippen LogP contribution in [0.5, 0.6) is 0 Å². The van der Waals surface area contributed by atoms with Gasteiger partial charge in [0.05, 0.1) is 6.33 Å². The van der Waals surface area contributed by atoms with E-state index < -0.39 is 10.0 Å². The predicted molar refractivity (Wildman–Crippen MR) is 87.7 cm³/mol. The fraction of sp³-hybridized carbons (Fsp3) is 0.786. The van der Waals surface area contributed by atoms with Gasteiger partial charge >= 0.3 is 0 Å². The van der Waals surface area contributed by atoms with Gasteiger partial charge < -0.3 is 9.88 Å². The summed E-state index contributed by atoms with van der Waals surface area (Å²) in [5, 5.41) is 3.72. The third kappa shape index (κ3) is 3.48. The van der Waals surface area contributed by atoms with Crippen molar-refractivity contribution < 1.29 is 8.42 Å². The monoisotopic (exact) mass is 348 g/mol. The molecule has 2 saturated heterocycles. The second-order valence-electron chi connectivity index (χ2n) is 5.99. The Bertz CT molecular complexity index is 575. The molecule has 0 spiro atoms. The van der Waals surface area contributed by atoms with Crippen molar-refractivity contribution in [3.8, 4) is 0 Å². The Balaban J connectivity index is 0.00000176. The smallest absolute Gasteiger partial charge is 0.262 e.